The highest BCUT2D eigenvalue weighted by Gasteiger charge is 2.26. The van der Waals surface area contributed by atoms with E-state index in [1.165, 1.54) is 11.3 Å². The van der Waals surface area contributed by atoms with Gasteiger partial charge in [-0.15, -0.1) is 11.3 Å². The van der Waals surface area contributed by atoms with Crippen LogP contribution in [0.1, 0.15) is 36.9 Å². The van der Waals surface area contributed by atoms with Crippen LogP contribution in [0.2, 0.25) is 5.02 Å². The van der Waals surface area contributed by atoms with Crippen LogP contribution in [-0.2, 0) is 0 Å². The van der Waals surface area contributed by atoms with E-state index in [-0.39, 0.29) is 5.91 Å². The average Bonchev–Trinajstić information content (AvgIpc) is 3.06. The number of carbonyl (C=O) groups is 1. The Morgan fingerprint density at radius 2 is 2.00 bits per heavy atom. The summed E-state index contributed by atoms with van der Waals surface area (Å²) in [7, 11) is 0. The molecule has 3 aromatic rings. The number of pyridine rings is 1. The number of benzene rings is 1. The van der Waals surface area contributed by atoms with Gasteiger partial charge in [0.1, 0.15) is 9.71 Å². The standard InChI is InChI=1S/C23H23ClN2OS/c1-5-15(6-2)14-23(3,4)26-21(27)20-19(16-9-11-17(24)12-10-16)18-8-7-13-25-22(18)28-20/h5-13H,1,14H2,2-4H3,(H,26,27)/b15-6+. The average molecular weight is 411 g/mol. The quantitative estimate of drug-likeness (QED) is 0.462. The molecular weight excluding hydrogens is 388 g/mol. The normalized spacial score (nSPS) is 12.2. The number of halogens is 1. The molecule has 2 heterocycles. The fourth-order valence-corrected chi connectivity index (χ4v) is 4.39. The maximum absolute atomic E-state index is 13.2. The third kappa shape index (κ3) is 4.34. The molecule has 0 aliphatic heterocycles. The van der Waals surface area contributed by atoms with E-state index in [0.29, 0.717) is 16.3 Å². The molecule has 0 atom stereocenters. The fourth-order valence-electron chi connectivity index (χ4n) is 3.21. The summed E-state index contributed by atoms with van der Waals surface area (Å²) in [6, 6.07) is 11.4. The topological polar surface area (TPSA) is 42.0 Å². The summed E-state index contributed by atoms with van der Waals surface area (Å²) in [6.07, 6.45) is 6.30. The number of amides is 1. The lowest BCUT2D eigenvalue weighted by molar-refractivity contribution is 0.0918. The Morgan fingerprint density at radius 3 is 2.64 bits per heavy atom. The maximum Gasteiger partial charge on any atom is 0.262 e. The van der Waals surface area contributed by atoms with E-state index in [1.54, 1.807) is 6.20 Å². The molecule has 0 radical (unpaired) electrons. The number of carbonyl (C=O) groups excluding carboxylic acids is 1. The largest absolute Gasteiger partial charge is 0.346 e. The van der Waals surface area contributed by atoms with E-state index in [4.69, 9.17) is 11.6 Å². The van der Waals surface area contributed by atoms with Crippen molar-refractivity contribution < 1.29 is 4.79 Å². The first-order chi connectivity index (χ1) is 13.3. The molecular formula is C23H23ClN2OS. The summed E-state index contributed by atoms with van der Waals surface area (Å²) in [5.41, 5.74) is 2.54. The number of hydrogen-bond donors (Lipinski definition) is 1. The molecule has 0 fully saturated rings. The second-order valence-electron chi connectivity index (χ2n) is 7.25. The third-order valence-electron chi connectivity index (χ3n) is 4.54. The van der Waals surface area contributed by atoms with Gasteiger partial charge in [0.15, 0.2) is 0 Å². The Morgan fingerprint density at radius 1 is 1.29 bits per heavy atom. The second-order valence-corrected chi connectivity index (χ2v) is 8.69. The van der Waals surface area contributed by atoms with E-state index in [1.807, 2.05) is 69.3 Å². The Labute approximate surface area is 174 Å². The number of rotatable bonds is 6. The van der Waals surface area contributed by atoms with Crippen LogP contribution in [-0.4, -0.2) is 16.4 Å². The third-order valence-corrected chi connectivity index (χ3v) is 5.90. The predicted octanol–water partition coefficient (Wildman–Crippen LogP) is 6.65. The lowest BCUT2D eigenvalue weighted by Gasteiger charge is -2.27. The molecule has 1 N–H and O–H groups in total. The molecule has 1 aromatic carbocycles. The molecule has 0 bridgehead atoms. The van der Waals surface area contributed by atoms with Crippen LogP contribution >= 0.6 is 22.9 Å². The lowest BCUT2D eigenvalue weighted by Crippen LogP contribution is -2.43. The van der Waals surface area contributed by atoms with E-state index < -0.39 is 5.54 Å². The Kier molecular flexibility index (Phi) is 6.01. The van der Waals surface area contributed by atoms with Crippen molar-refractivity contribution in [1.29, 1.82) is 0 Å². The number of aromatic nitrogens is 1. The number of nitrogens with zero attached hydrogens (tertiary/aromatic N) is 1. The zero-order chi connectivity index (χ0) is 20.3. The molecule has 144 valence electrons. The first-order valence-electron chi connectivity index (χ1n) is 9.08. The van der Waals surface area contributed by atoms with Crippen LogP contribution in [0.25, 0.3) is 21.3 Å². The lowest BCUT2D eigenvalue weighted by atomic mass is 9.94. The van der Waals surface area contributed by atoms with E-state index in [2.05, 4.69) is 16.9 Å². The highest BCUT2D eigenvalue weighted by Crippen LogP contribution is 2.38. The SMILES string of the molecule is C=C/C(=C\C)CC(C)(C)NC(=O)c1sc2ncccc2c1-c1ccc(Cl)cc1. The summed E-state index contributed by atoms with van der Waals surface area (Å²) < 4.78 is 0. The van der Waals surface area contributed by atoms with Gasteiger partial charge in [0.25, 0.3) is 5.91 Å². The molecule has 0 spiro atoms. The zero-order valence-corrected chi connectivity index (χ0v) is 17.8. The minimum atomic E-state index is -0.409. The monoisotopic (exact) mass is 410 g/mol. The smallest absolute Gasteiger partial charge is 0.262 e. The molecule has 5 heteroatoms. The van der Waals surface area contributed by atoms with E-state index in [0.717, 1.165) is 26.9 Å². The van der Waals surface area contributed by atoms with Gasteiger partial charge >= 0.3 is 0 Å². The van der Waals surface area contributed by atoms with Gasteiger partial charge in [0.05, 0.1) is 0 Å². The highest BCUT2D eigenvalue weighted by molar-refractivity contribution is 7.21. The molecule has 0 unspecified atom stereocenters. The molecule has 0 saturated heterocycles. The summed E-state index contributed by atoms with van der Waals surface area (Å²) in [5.74, 6) is -0.0996. The molecule has 3 nitrogen and oxygen atoms in total. The van der Waals surface area contributed by atoms with Gasteiger partial charge in [-0.25, -0.2) is 4.98 Å². The summed E-state index contributed by atoms with van der Waals surface area (Å²) >= 11 is 7.47. The molecule has 1 amide bonds. The van der Waals surface area contributed by atoms with Crippen LogP contribution in [0.3, 0.4) is 0 Å². The van der Waals surface area contributed by atoms with Crippen molar-refractivity contribution in [2.45, 2.75) is 32.7 Å². The second kappa shape index (κ2) is 8.29. The van der Waals surface area contributed by atoms with E-state index in [9.17, 15) is 4.79 Å². The molecule has 0 aliphatic rings. The molecule has 3 rings (SSSR count). The Balaban J connectivity index is 2.02. The van der Waals surface area contributed by atoms with E-state index >= 15 is 0 Å². The van der Waals surface area contributed by atoms with Crippen LogP contribution in [0, 0.1) is 0 Å². The number of allylic oxidation sites excluding steroid dienone is 2. The summed E-state index contributed by atoms with van der Waals surface area (Å²) in [5, 5.41) is 4.82. The molecule has 2 aromatic heterocycles. The maximum atomic E-state index is 13.2. The van der Waals surface area contributed by atoms with Gasteiger partial charge in [0.2, 0.25) is 0 Å². The highest BCUT2D eigenvalue weighted by atomic mass is 35.5. The van der Waals surface area contributed by atoms with Crippen LogP contribution in [0.15, 0.2) is 66.9 Å². The summed E-state index contributed by atoms with van der Waals surface area (Å²) in [6.45, 7) is 9.86. The molecule has 0 saturated carbocycles. The Bertz CT molecular complexity index is 1050. The number of fused-ring (bicyclic) bond motifs is 1. The molecule has 0 aliphatic carbocycles. The summed E-state index contributed by atoms with van der Waals surface area (Å²) in [4.78, 5) is 19.2. The number of thiophene rings is 1. The van der Waals surface area contributed by atoms with Crippen molar-refractivity contribution in [2.24, 2.45) is 0 Å². The van der Waals surface area contributed by atoms with Crippen molar-refractivity contribution in [3.8, 4) is 11.1 Å². The van der Waals surface area contributed by atoms with Crippen molar-refractivity contribution in [3.05, 3.63) is 76.8 Å². The van der Waals surface area contributed by atoms with Gasteiger partial charge in [0, 0.05) is 27.7 Å². The van der Waals surface area contributed by atoms with Gasteiger partial charge in [-0.2, -0.15) is 0 Å². The van der Waals surface area contributed by atoms with Gasteiger partial charge in [-0.05, 0) is 57.0 Å². The number of hydrogen-bond acceptors (Lipinski definition) is 3. The van der Waals surface area contributed by atoms with Crippen molar-refractivity contribution >= 4 is 39.1 Å². The van der Waals surface area contributed by atoms with Gasteiger partial charge < -0.3 is 5.32 Å². The van der Waals surface area contributed by atoms with Crippen molar-refractivity contribution in [1.82, 2.24) is 10.3 Å². The van der Waals surface area contributed by atoms with Crippen LogP contribution in [0.4, 0.5) is 0 Å². The van der Waals surface area contributed by atoms with Crippen LogP contribution in [0.5, 0.6) is 0 Å². The van der Waals surface area contributed by atoms with Gasteiger partial charge in [-0.1, -0.05) is 48.0 Å². The minimum Gasteiger partial charge on any atom is -0.346 e. The first kappa shape index (κ1) is 20.3. The predicted molar refractivity (Wildman–Crippen MR) is 120 cm³/mol. The minimum absolute atomic E-state index is 0.0996. The van der Waals surface area contributed by atoms with Crippen molar-refractivity contribution in [3.63, 3.8) is 0 Å². The van der Waals surface area contributed by atoms with Gasteiger partial charge in [-0.3, -0.25) is 4.79 Å². The fraction of sp³-hybridized carbons (Fsp3) is 0.217. The molecule has 28 heavy (non-hydrogen) atoms. The first-order valence-corrected chi connectivity index (χ1v) is 10.3. The zero-order valence-electron chi connectivity index (χ0n) is 16.3. The van der Waals surface area contributed by atoms with Crippen LogP contribution < -0.4 is 5.32 Å². The Hall–Kier alpha value is -2.43. The number of nitrogens with one attached hydrogen (secondary N) is 1. The van der Waals surface area contributed by atoms with Crippen molar-refractivity contribution in [2.75, 3.05) is 0 Å².